The molecule has 0 bridgehead atoms. The number of hydrogen-bond acceptors (Lipinski definition) is 3. The number of fused-ring (bicyclic) bond motifs is 1. The fraction of sp³-hybridized carbons (Fsp3) is 0.231. The molecule has 0 radical (unpaired) electrons. The molecule has 3 rings (SSSR count). The maximum absolute atomic E-state index is 12.5. The number of benzene rings is 1. The van der Waals surface area contributed by atoms with Gasteiger partial charge in [-0.15, -0.1) is 11.3 Å². The molecule has 100 valence electrons. The number of nitrogens with zero attached hydrogens (tertiary/aromatic N) is 1. The fourth-order valence-electron chi connectivity index (χ4n) is 2.18. The van der Waals surface area contributed by atoms with Crippen molar-refractivity contribution in [3.05, 3.63) is 50.6 Å². The van der Waals surface area contributed by atoms with Crippen LogP contribution in [0.15, 0.2) is 45.1 Å². The number of rotatable bonds is 2. The lowest BCUT2D eigenvalue weighted by Gasteiger charge is -2.26. The molecule has 2 heterocycles. The lowest BCUT2D eigenvalue weighted by molar-refractivity contribution is 0.394. The maximum atomic E-state index is 12.5. The van der Waals surface area contributed by atoms with E-state index in [0.29, 0.717) is 18.0 Å². The Morgan fingerprint density at radius 3 is 2.63 bits per heavy atom. The van der Waals surface area contributed by atoms with Crippen LogP contribution in [0.1, 0.15) is 10.4 Å². The summed E-state index contributed by atoms with van der Waals surface area (Å²) in [5.74, 6) is 0. The molecule has 0 N–H and O–H groups in total. The Kier molecular flexibility index (Phi) is 3.51. The van der Waals surface area contributed by atoms with Crippen LogP contribution in [-0.2, 0) is 23.0 Å². The minimum absolute atomic E-state index is 0.356. The quantitative estimate of drug-likeness (QED) is 0.827. The molecule has 0 spiro atoms. The molecule has 0 aliphatic carbocycles. The third kappa shape index (κ3) is 2.50. The molecule has 0 unspecified atom stereocenters. The van der Waals surface area contributed by atoms with Crippen molar-refractivity contribution in [3.8, 4) is 0 Å². The van der Waals surface area contributed by atoms with Crippen molar-refractivity contribution < 1.29 is 8.42 Å². The van der Waals surface area contributed by atoms with E-state index in [1.54, 1.807) is 39.9 Å². The third-order valence-electron chi connectivity index (χ3n) is 3.22. The summed E-state index contributed by atoms with van der Waals surface area (Å²) in [5, 5.41) is 2.03. The molecular weight excluding hydrogens is 346 g/mol. The van der Waals surface area contributed by atoms with Gasteiger partial charge in [-0.1, -0.05) is 15.9 Å². The van der Waals surface area contributed by atoms with E-state index in [9.17, 15) is 8.42 Å². The molecule has 1 aliphatic rings. The average Bonchev–Trinajstić information content (AvgIpc) is 2.86. The predicted molar refractivity (Wildman–Crippen MR) is 79.8 cm³/mol. The summed E-state index contributed by atoms with van der Waals surface area (Å²) in [5.41, 5.74) is 1.14. The highest BCUT2D eigenvalue weighted by molar-refractivity contribution is 9.10. The van der Waals surface area contributed by atoms with Crippen molar-refractivity contribution in [1.82, 2.24) is 4.31 Å². The van der Waals surface area contributed by atoms with Crippen LogP contribution in [0.4, 0.5) is 0 Å². The van der Waals surface area contributed by atoms with Gasteiger partial charge in [-0.05, 0) is 47.7 Å². The second-order valence-corrected chi connectivity index (χ2v) is 8.27. The molecule has 0 saturated heterocycles. The Bertz CT molecular complexity index is 692. The monoisotopic (exact) mass is 357 g/mol. The molecular formula is C13H12BrNO2S2. The number of thiophene rings is 1. The molecule has 0 saturated carbocycles. The first-order valence-electron chi connectivity index (χ1n) is 5.88. The van der Waals surface area contributed by atoms with Gasteiger partial charge in [0.05, 0.1) is 4.90 Å². The third-order valence-corrected chi connectivity index (χ3v) is 6.64. The van der Waals surface area contributed by atoms with E-state index in [2.05, 4.69) is 15.9 Å². The van der Waals surface area contributed by atoms with E-state index in [1.165, 1.54) is 4.88 Å². The Morgan fingerprint density at radius 2 is 1.89 bits per heavy atom. The lowest BCUT2D eigenvalue weighted by atomic mass is 10.1. The van der Waals surface area contributed by atoms with Gasteiger partial charge in [-0.3, -0.25) is 0 Å². The van der Waals surface area contributed by atoms with Crippen molar-refractivity contribution in [2.45, 2.75) is 17.9 Å². The molecule has 3 nitrogen and oxygen atoms in total. The van der Waals surface area contributed by atoms with Crippen molar-refractivity contribution in [3.63, 3.8) is 0 Å². The first-order chi connectivity index (χ1) is 9.07. The molecule has 0 atom stereocenters. The van der Waals surface area contributed by atoms with E-state index < -0.39 is 10.0 Å². The van der Waals surface area contributed by atoms with Crippen LogP contribution in [0.5, 0.6) is 0 Å². The minimum Gasteiger partial charge on any atom is -0.207 e. The Morgan fingerprint density at radius 1 is 1.16 bits per heavy atom. The molecule has 1 aromatic heterocycles. The highest BCUT2D eigenvalue weighted by atomic mass is 79.9. The molecule has 6 heteroatoms. The SMILES string of the molecule is O=S(=O)(c1ccc(Br)cc1)N1CCc2sccc2C1. The summed E-state index contributed by atoms with van der Waals surface area (Å²) in [6.07, 6.45) is 0.808. The first kappa shape index (κ1) is 13.3. The summed E-state index contributed by atoms with van der Waals surface area (Å²) in [4.78, 5) is 1.66. The van der Waals surface area contributed by atoms with Crippen molar-refractivity contribution in [2.24, 2.45) is 0 Å². The van der Waals surface area contributed by atoms with Gasteiger partial charge in [0.15, 0.2) is 0 Å². The zero-order valence-corrected chi connectivity index (χ0v) is 13.3. The second-order valence-electron chi connectivity index (χ2n) is 4.41. The normalized spacial score (nSPS) is 16.3. The summed E-state index contributed by atoms with van der Waals surface area (Å²) >= 11 is 5.03. The number of sulfonamides is 1. The molecule has 0 fully saturated rings. The predicted octanol–water partition coefficient (Wildman–Crippen LogP) is 3.26. The van der Waals surface area contributed by atoms with Crippen LogP contribution in [0.3, 0.4) is 0 Å². The Hall–Kier alpha value is -0.690. The van der Waals surface area contributed by atoms with Crippen LogP contribution in [0.25, 0.3) is 0 Å². The van der Waals surface area contributed by atoms with Gasteiger partial charge in [0, 0.05) is 22.4 Å². The summed E-state index contributed by atoms with van der Waals surface area (Å²) in [6.45, 7) is 1.04. The molecule has 1 aliphatic heterocycles. The van der Waals surface area contributed by atoms with E-state index in [-0.39, 0.29) is 0 Å². The Labute approximate surface area is 125 Å². The molecule has 19 heavy (non-hydrogen) atoms. The minimum atomic E-state index is -3.38. The molecule has 1 aromatic carbocycles. The largest absolute Gasteiger partial charge is 0.243 e. The van der Waals surface area contributed by atoms with Gasteiger partial charge in [0.1, 0.15) is 0 Å². The van der Waals surface area contributed by atoms with Gasteiger partial charge >= 0.3 is 0 Å². The second kappa shape index (κ2) is 5.01. The van der Waals surface area contributed by atoms with E-state index >= 15 is 0 Å². The molecule has 0 amide bonds. The van der Waals surface area contributed by atoms with Crippen LogP contribution in [-0.4, -0.2) is 19.3 Å². The highest BCUT2D eigenvalue weighted by Crippen LogP contribution is 2.28. The fourth-order valence-corrected chi connectivity index (χ4v) is 4.76. The molecule has 2 aromatic rings. The van der Waals surface area contributed by atoms with Crippen molar-refractivity contribution >= 4 is 37.3 Å². The van der Waals surface area contributed by atoms with Crippen LogP contribution < -0.4 is 0 Å². The first-order valence-corrected chi connectivity index (χ1v) is 8.99. The van der Waals surface area contributed by atoms with Crippen molar-refractivity contribution in [1.29, 1.82) is 0 Å². The number of hydrogen-bond donors (Lipinski definition) is 0. The summed E-state index contributed by atoms with van der Waals surface area (Å²) in [6, 6.07) is 8.81. The topological polar surface area (TPSA) is 37.4 Å². The van der Waals surface area contributed by atoms with Crippen LogP contribution >= 0.6 is 27.3 Å². The van der Waals surface area contributed by atoms with Gasteiger partial charge in [0.25, 0.3) is 0 Å². The van der Waals surface area contributed by atoms with Crippen molar-refractivity contribution in [2.75, 3.05) is 6.54 Å². The van der Waals surface area contributed by atoms with Gasteiger partial charge in [-0.2, -0.15) is 4.31 Å². The smallest absolute Gasteiger partial charge is 0.207 e. The van der Waals surface area contributed by atoms with E-state index in [4.69, 9.17) is 0 Å². The highest BCUT2D eigenvalue weighted by Gasteiger charge is 2.28. The van der Waals surface area contributed by atoms with E-state index in [1.807, 2.05) is 11.4 Å². The van der Waals surface area contributed by atoms with Crippen LogP contribution in [0, 0.1) is 0 Å². The zero-order valence-electron chi connectivity index (χ0n) is 10.0. The van der Waals surface area contributed by atoms with Crippen LogP contribution in [0.2, 0.25) is 0 Å². The Balaban J connectivity index is 1.92. The summed E-state index contributed by atoms with van der Waals surface area (Å²) in [7, 11) is -3.38. The van der Waals surface area contributed by atoms with Gasteiger partial charge in [-0.25, -0.2) is 8.42 Å². The maximum Gasteiger partial charge on any atom is 0.243 e. The van der Waals surface area contributed by atoms with Gasteiger partial charge < -0.3 is 0 Å². The summed E-state index contributed by atoms with van der Waals surface area (Å²) < 4.78 is 27.5. The van der Waals surface area contributed by atoms with E-state index in [0.717, 1.165) is 16.5 Å². The average molecular weight is 358 g/mol. The van der Waals surface area contributed by atoms with Gasteiger partial charge in [0.2, 0.25) is 10.0 Å². The zero-order chi connectivity index (χ0) is 13.5. The number of halogens is 1. The standard InChI is InChI=1S/C13H12BrNO2S2/c14-11-1-3-12(4-2-11)19(16,17)15-7-5-13-10(9-15)6-8-18-13/h1-4,6,8H,5,7,9H2. The lowest BCUT2D eigenvalue weighted by Crippen LogP contribution is -2.35.